The average molecular weight is 298 g/mol. The Hall–Kier alpha value is -1.65. The van der Waals surface area contributed by atoms with Crippen LogP contribution in [0.1, 0.15) is 24.0 Å². The Morgan fingerprint density at radius 2 is 2.18 bits per heavy atom. The van der Waals surface area contributed by atoms with Crippen LogP contribution in [0.3, 0.4) is 0 Å². The largest absolute Gasteiger partial charge is 0.330 e. The van der Waals surface area contributed by atoms with E-state index in [1.54, 1.807) is 0 Å². The molecule has 0 saturated carbocycles. The zero-order valence-electron chi connectivity index (χ0n) is 13.6. The number of hydrogen-bond acceptors (Lipinski definition) is 3. The Balaban J connectivity index is 1.86. The molecule has 1 unspecified atom stereocenters. The number of piperidine rings is 1. The summed E-state index contributed by atoms with van der Waals surface area (Å²) < 4.78 is 1.96. The van der Waals surface area contributed by atoms with E-state index < -0.39 is 0 Å². The molecule has 2 N–H and O–H groups in total. The number of nitrogens with two attached hydrogens (primary N) is 1. The topological polar surface area (TPSA) is 47.1 Å². The van der Waals surface area contributed by atoms with Crippen LogP contribution in [0.5, 0.6) is 0 Å². The first-order valence-corrected chi connectivity index (χ1v) is 8.17. The van der Waals surface area contributed by atoms with Crippen LogP contribution in [0.2, 0.25) is 0 Å². The van der Waals surface area contributed by atoms with Crippen molar-refractivity contribution in [2.75, 3.05) is 19.6 Å². The number of likely N-dealkylation sites (tertiary alicyclic amines) is 1. The molecule has 1 fully saturated rings. The summed E-state index contributed by atoms with van der Waals surface area (Å²) >= 11 is 0. The lowest BCUT2D eigenvalue weighted by atomic mass is 9.96. The van der Waals surface area contributed by atoms with Crippen LogP contribution in [-0.2, 0) is 13.6 Å². The molecule has 4 nitrogen and oxygen atoms in total. The van der Waals surface area contributed by atoms with Gasteiger partial charge in [-0.2, -0.15) is 5.10 Å². The summed E-state index contributed by atoms with van der Waals surface area (Å²) in [5.74, 6) is 0.652. The van der Waals surface area contributed by atoms with Gasteiger partial charge in [-0.25, -0.2) is 0 Å². The van der Waals surface area contributed by atoms with Gasteiger partial charge >= 0.3 is 0 Å². The van der Waals surface area contributed by atoms with Gasteiger partial charge in [0.2, 0.25) is 0 Å². The Morgan fingerprint density at radius 3 is 2.91 bits per heavy atom. The van der Waals surface area contributed by atoms with Crippen molar-refractivity contribution in [1.29, 1.82) is 0 Å². The minimum Gasteiger partial charge on any atom is -0.330 e. The van der Waals surface area contributed by atoms with Gasteiger partial charge in [-0.05, 0) is 56.5 Å². The first-order valence-electron chi connectivity index (χ1n) is 8.17. The van der Waals surface area contributed by atoms with E-state index in [1.165, 1.54) is 41.8 Å². The number of benzene rings is 1. The summed E-state index contributed by atoms with van der Waals surface area (Å²) in [5, 5.41) is 4.32. The molecule has 1 aliphatic rings. The first-order chi connectivity index (χ1) is 10.7. The quantitative estimate of drug-likeness (QED) is 0.943. The highest BCUT2D eigenvalue weighted by Crippen LogP contribution is 2.27. The lowest BCUT2D eigenvalue weighted by Gasteiger charge is -2.32. The SMILES string of the molecule is Cc1ccc(CN2CCCC(CN)C2)c(-c2ccnn2C)c1. The molecule has 3 rings (SSSR count). The predicted molar refractivity (Wildman–Crippen MR) is 90.4 cm³/mol. The highest BCUT2D eigenvalue weighted by Gasteiger charge is 2.20. The fraction of sp³-hybridized carbons (Fsp3) is 0.500. The fourth-order valence-electron chi connectivity index (χ4n) is 3.43. The third kappa shape index (κ3) is 3.23. The van der Waals surface area contributed by atoms with Gasteiger partial charge in [0.25, 0.3) is 0 Å². The molecule has 1 aromatic carbocycles. The summed E-state index contributed by atoms with van der Waals surface area (Å²) in [4.78, 5) is 2.55. The van der Waals surface area contributed by atoms with E-state index in [0.29, 0.717) is 5.92 Å². The van der Waals surface area contributed by atoms with Crippen LogP contribution in [0.15, 0.2) is 30.5 Å². The van der Waals surface area contributed by atoms with E-state index >= 15 is 0 Å². The number of rotatable bonds is 4. The van der Waals surface area contributed by atoms with E-state index in [1.807, 2.05) is 17.9 Å². The van der Waals surface area contributed by atoms with Crippen LogP contribution in [0, 0.1) is 12.8 Å². The first kappa shape index (κ1) is 15.3. The number of nitrogens with zero attached hydrogens (tertiary/aromatic N) is 3. The molecule has 0 amide bonds. The lowest BCUT2D eigenvalue weighted by molar-refractivity contribution is 0.171. The predicted octanol–water partition coefficient (Wildman–Crippen LogP) is 2.57. The normalized spacial score (nSPS) is 19.5. The van der Waals surface area contributed by atoms with Crippen LogP contribution >= 0.6 is 0 Å². The van der Waals surface area contributed by atoms with Crippen molar-refractivity contribution in [3.8, 4) is 11.3 Å². The standard InChI is InChI=1S/C18H26N4/c1-14-5-6-16(13-22-9-3-4-15(11-19)12-22)17(10-14)18-7-8-20-21(18)2/h5-8,10,15H,3-4,9,11-13,19H2,1-2H3. The molecule has 1 saturated heterocycles. The average Bonchev–Trinajstić information content (AvgIpc) is 2.95. The minimum atomic E-state index is 0.652. The van der Waals surface area contributed by atoms with Crippen molar-refractivity contribution in [1.82, 2.24) is 14.7 Å². The summed E-state index contributed by atoms with van der Waals surface area (Å²) in [6.45, 7) is 6.25. The van der Waals surface area contributed by atoms with Crippen molar-refractivity contribution in [2.24, 2.45) is 18.7 Å². The number of aryl methyl sites for hydroxylation is 2. The van der Waals surface area contributed by atoms with Crippen molar-refractivity contribution >= 4 is 0 Å². The lowest BCUT2D eigenvalue weighted by Crippen LogP contribution is -2.37. The summed E-state index contributed by atoms with van der Waals surface area (Å²) in [7, 11) is 2.01. The second kappa shape index (κ2) is 6.63. The molecular weight excluding hydrogens is 272 g/mol. The Bertz CT molecular complexity index is 632. The van der Waals surface area contributed by atoms with Gasteiger partial charge in [0.05, 0.1) is 5.69 Å². The van der Waals surface area contributed by atoms with Gasteiger partial charge in [-0.1, -0.05) is 17.7 Å². The molecule has 0 spiro atoms. The van der Waals surface area contributed by atoms with Gasteiger partial charge < -0.3 is 5.73 Å². The molecule has 0 radical (unpaired) electrons. The van der Waals surface area contributed by atoms with Crippen LogP contribution in [-0.4, -0.2) is 34.3 Å². The van der Waals surface area contributed by atoms with E-state index in [2.05, 4.69) is 41.2 Å². The minimum absolute atomic E-state index is 0.652. The van der Waals surface area contributed by atoms with Gasteiger partial charge in [-0.15, -0.1) is 0 Å². The number of aromatic nitrogens is 2. The number of hydrogen-bond donors (Lipinski definition) is 1. The molecule has 1 aliphatic heterocycles. The Labute approximate surface area is 132 Å². The fourth-order valence-corrected chi connectivity index (χ4v) is 3.43. The van der Waals surface area contributed by atoms with E-state index in [0.717, 1.165) is 19.6 Å². The van der Waals surface area contributed by atoms with E-state index in [4.69, 9.17) is 5.73 Å². The second-order valence-corrected chi connectivity index (χ2v) is 6.48. The second-order valence-electron chi connectivity index (χ2n) is 6.48. The zero-order valence-corrected chi connectivity index (χ0v) is 13.6. The highest BCUT2D eigenvalue weighted by molar-refractivity contribution is 5.64. The molecule has 22 heavy (non-hydrogen) atoms. The molecule has 0 bridgehead atoms. The molecule has 4 heteroatoms. The molecule has 2 heterocycles. The van der Waals surface area contributed by atoms with Crippen LogP contribution in [0.25, 0.3) is 11.3 Å². The third-order valence-electron chi connectivity index (χ3n) is 4.69. The molecule has 1 aromatic heterocycles. The summed E-state index contributed by atoms with van der Waals surface area (Å²) in [6.07, 6.45) is 4.40. The maximum absolute atomic E-state index is 5.87. The highest BCUT2D eigenvalue weighted by atomic mass is 15.3. The smallest absolute Gasteiger partial charge is 0.0682 e. The molecule has 0 aliphatic carbocycles. The van der Waals surface area contributed by atoms with Gasteiger partial charge in [0.1, 0.15) is 0 Å². The van der Waals surface area contributed by atoms with E-state index in [9.17, 15) is 0 Å². The summed E-state index contributed by atoms with van der Waals surface area (Å²) in [5.41, 5.74) is 11.0. The maximum Gasteiger partial charge on any atom is 0.0682 e. The van der Waals surface area contributed by atoms with Gasteiger partial charge in [0.15, 0.2) is 0 Å². The third-order valence-corrected chi connectivity index (χ3v) is 4.69. The maximum atomic E-state index is 5.87. The molecule has 1 atom stereocenters. The van der Waals surface area contributed by atoms with Crippen LogP contribution in [0.4, 0.5) is 0 Å². The molecular formula is C18H26N4. The van der Waals surface area contributed by atoms with Crippen molar-refractivity contribution in [3.05, 3.63) is 41.6 Å². The summed E-state index contributed by atoms with van der Waals surface area (Å²) in [6, 6.07) is 8.84. The van der Waals surface area contributed by atoms with Crippen molar-refractivity contribution in [2.45, 2.75) is 26.3 Å². The van der Waals surface area contributed by atoms with E-state index in [-0.39, 0.29) is 0 Å². The van der Waals surface area contributed by atoms with Gasteiger partial charge in [-0.3, -0.25) is 9.58 Å². The van der Waals surface area contributed by atoms with Gasteiger partial charge in [0, 0.05) is 31.9 Å². The molecule has 118 valence electrons. The van der Waals surface area contributed by atoms with Crippen LogP contribution < -0.4 is 5.73 Å². The zero-order chi connectivity index (χ0) is 15.5. The van der Waals surface area contributed by atoms with Crippen molar-refractivity contribution < 1.29 is 0 Å². The monoisotopic (exact) mass is 298 g/mol. The Kier molecular flexibility index (Phi) is 4.60. The Morgan fingerprint density at radius 1 is 1.32 bits per heavy atom. The van der Waals surface area contributed by atoms with Crippen molar-refractivity contribution in [3.63, 3.8) is 0 Å². The molecule has 2 aromatic rings.